The van der Waals surface area contributed by atoms with Crippen molar-refractivity contribution in [2.45, 2.75) is 27.7 Å². The molecular formula is C13H23I3N5O6-. The monoisotopic (exact) mass is 726 g/mol. The molecule has 0 spiro atoms. The van der Waals surface area contributed by atoms with Crippen LogP contribution < -0.4 is 13.3 Å². The molecule has 0 fully saturated rings. The Kier molecular flexibility index (Phi) is 24.6. The van der Waals surface area contributed by atoms with Gasteiger partial charge in [-0.15, -0.1) is 0 Å². The van der Waals surface area contributed by atoms with Crippen LogP contribution in [-0.4, -0.2) is 66.1 Å². The molecule has 11 nitrogen and oxygen atoms in total. The SMILES string of the molecule is CON=C(C)C(=NOC)C(C)=NO.CON=C(C)C(=O)C(C)=NO.I[I-]I. The zero-order valence-electron chi connectivity index (χ0n) is 15.9. The molecule has 0 aliphatic heterocycles. The van der Waals surface area contributed by atoms with Gasteiger partial charge in [-0.1, -0.05) is 25.8 Å². The number of nitrogens with zero attached hydrogens (tertiary/aromatic N) is 5. The van der Waals surface area contributed by atoms with Crippen LogP contribution in [0.15, 0.2) is 25.8 Å². The molecule has 0 aliphatic carbocycles. The zero-order chi connectivity index (χ0) is 21.8. The topological polar surface area (TPSA) is 147 Å². The van der Waals surface area contributed by atoms with Gasteiger partial charge in [-0.05, 0) is 27.7 Å². The van der Waals surface area contributed by atoms with E-state index < -0.39 is 5.78 Å². The minimum atomic E-state index is -0.436. The van der Waals surface area contributed by atoms with Gasteiger partial charge in [0.2, 0.25) is 5.78 Å². The number of rotatable bonds is 7. The van der Waals surface area contributed by atoms with E-state index in [1.165, 1.54) is 35.2 Å². The van der Waals surface area contributed by atoms with Gasteiger partial charge < -0.3 is 24.9 Å². The molecule has 0 heterocycles. The van der Waals surface area contributed by atoms with Gasteiger partial charge in [-0.3, -0.25) is 4.79 Å². The van der Waals surface area contributed by atoms with Crippen LogP contribution in [0.25, 0.3) is 0 Å². The van der Waals surface area contributed by atoms with Crippen molar-refractivity contribution in [3.05, 3.63) is 0 Å². The van der Waals surface area contributed by atoms with Crippen LogP contribution in [-0.2, 0) is 19.3 Å². The third-order valence-electron chi connectivity index (χ3n) is 2.28. The minimum absolute atomic E-state index is 0.0108. The normalized spacial score (nSPS) is 13.0. The summed E-state index contributed by atoms with van der Waals surface area (Å²) in [7, 11) is 4.15. The van der Waals surface area contributed by atoms with Gasteiger partial charge in [0.05, 0.1) is 0 Å². The summed E-state index contributed by atoms with van der Waals surface area (Å²) < 4.78 is 0. The summed E-state index contributed by atoms with van der Waals surface area (Å²) in [6.07, 6.45) is 0. The van der Waals surface area contributed by atoms with Crippen molar-refractivity contribution in [1.29, 1.82) is 0 Å². The molecule has 14 heteroatoms. The molecule has 0 saturated heterocycles. The average Bonchev–Trinajstić information content (AvgIpc) is 2.65. The van der Waals surface area contributed by atoms with E-state index in [-0.39, 0.29) is 11.4 Å². The Morgan fingerprint density at radius 2 is 1.11 bits per heavy atom. The number of hydrogen-bond donors (Lipinski definition) is 2. The van der Waals surface area contributed by atoms with Crippen LogP contribution in [0, 0.1) is 0 Å². The summed E-state index contributed by atoms with van der Waals surface area (Å²) in [5.41, 5.74) is 1.26. The van der Waals surface area contributed by atoms with Gasteiger partial charge in [0.15, 0.2) is 5.71 Å². The Morgan fingerprint density at radius 1 is 0.741 bits per heavy atom. The maximum absolute atomic E-state index is 11.0. The molecule has 0 amide bonds. The average molecular weight is 726 g/mol. The fourth-order valence-corrected chi connectivity index (χ4v) is 1.20. The number of halogens is 3. The summed E-state index contributed by atoms with van der Waals surface area (Å²) in [5.74, 6) is -0.436. The second-order valence-corrected chi connectivity index (χ2v) is 20.3. The van der Waals surface area contributed by atoms with Crippen LogP contribution in [0.5, 0.6) is 0 Å². The molecule has 158 valence electrons. The molecule has 0 atom stereocenters. The van der Waals surface area contributed by atoms with Gasteiger partial charge in [-0.2, -0.15) is 0 Å². The summed E-state index contributed by atoms with van der Waals surface area (Å²) >= 11 is 5.30. The standard InChI is InChI=1S/C7H13N3O3.C6H10N2O3.I3/c1-5(8-11)7(10-13-4)6(2)9-12-3;1-4(7-10)6(9)5(2)8-11-3;1-3-2/h11H,1-4H3;10H,1-3H3;/q;;-1. The van der Waals surface area contributed by atoms with Crippen molar-refractivity contribution in [2.24, 2.45) is 25.8 Å². The zero-order valence-corrected chi connectivity index (χ0v) is 22.4. The van der Waals surface area contributed by atoms with Crippen molar-refractivity contribution in [3.8, 4) is 0 Å². The van der Waals surface area contributed by atoms with Crippen molar-refractivity contribution in [3.63, 3.8) is 0 Å². The predicted octanol–water partition coefficient (Wildman–Crippen LogP) is 0.0645. The Hall–Kier alpha value is -0.790. The molecule has 0 unspecified atom stereocenters. The Morgan fingerprint density at radius 3 is 1.44 bits per heavy atom. The first-order valence-corrected chi connectivity index (χ1v) is 19.4. The van der Waals surface area contributed by atoms with E-state index in [9.17, 15) is 4.79 Å². The molecule has 0 saturated carbocycles. The number of ketones is 1. The fraction of sp³-hybridized carbons (Fsp3) is 0.538. The second kappa shape index (κ2) is 21.5. The molecule has 0 radical (unpaired) electrons. The molecule has 0 rings (SSSR count). The van der Waals surface area contributed by atoms with Crippen LogP contribution in [0.2, 0.25) is 0 Å². The first kappa shape index (κ1) is 30.9. The summed E-state index contributed by atoms with van der Waals surface area (Å²) in [6, 6.07) is 0. The molecule has 0 aromatic heterocycles. The Balaban J connectivity index is -0.000000376. The molecule has 2 N–H and O–H groups in total. The number of hydrogen-bond acceptors (Lipinski definition) is 11. The molecule has 0 aromatic rings. The van der Waals surface area contributed by atoms with Crippen LogP contribution in [0.4, 0.5) is 0 Å². The van der Waals surface area contributed by atoms with Gasteiger partial charge in [0.1, 0.15) is 44.2 Å². The summed E-state index contributed by atoms with van der Waals surface area (Å²) in [5, 5.41) is 33.0. The maximum atomic E-state index is 11.0. The summed E-state index contributed by atoms with van der Waals surface area (Å²) in [4.78, 5) is 24.4. The van der Waals surface area contributed by atoms with Crippen LogP contribution in [0.3, 0.4) is 0 Å². The van der Waals surface area contributed by atoms with E-state index in [4.69, 9.17) is 10.4 Å². The van der Waals surface area contributed by atoms with E-state index >= 15 is 0 Å². The number of Topliss-reactive ketones (excluding diaryl/α,β-unsaturated/α-hetero) is 1. The molecule has 27 heavy (non-hydrogen) atoms. The number of carbonyl (C=O) groups excluding carboxylic acids is 1. The van der Waals surface area contributed by atoms with Crippen molar-refractivity contribution in [2.75, 3.05) is 21.3 Å². The van der Waals surface area contributed by atoms with Gasteiger partial charge in [0, 0.05) is 0 Å². The molecule has 0 aliphatic rings. The van der Waals surface area contributed by atoms with E-state index in [0.29, 0.717) is 30.4 Å². The van der Waals surface area contributed by atoms with Crippen molar-refractivity contribution >= 4 is 71.6 Å². The summed E-state index contributed by atoms with van der Waals surface area (Å²) in [6.45, 7) is 6.10. The van der Waals surface area contributed by atoms with Gasteiger partial charge in [-0.25, -0.2) is 0 Å². The second-order valence-electron chi connectivity index (χ2n) is 4.09. The number of carbonyl (C=O) groups is 1. The Bertz CT molecular complexity index is 579. The van der Waals surface area contributed by atoms with Crippen LogP contribution in [0.1, 0.15) is 27.7 Å². The third-order valence-corrected chi connectivity index (χ3v) is 2.28. The predicted molar refractivity (Wildman–Crippen MR) is 118 cm³/mol. The molecule has 0 aromatic carbocycles. The van der Waals surface area contributed by atoms with Crippen LogP contribution >= 0.6 is 37.2 Å². The van der Waals surface area contributed by atoms with E-state index in [1.54, 1.807) is 13.8 Å². The van der Waals surface area contributed by atoms with Crippen molar-refractivity contribution in [1.82, 2.24) is 0 Å². The van der Waals surface area contributed by atoms with E-state index in [1.807, 2.05) is 0 Å². The van der Waals surface area contributed by atoms with Crippen molar-refractivity contribution < 1.29 is 43.0 Å². The number of oxime groups is 5. The fourth-order valence-electron chi connectivity index (χ4n) is 1.20. The molecule has 0 bridgehead atoms. The first-order valence-electron chi connectivity index (χ1n) is 6.78. The Labute approximate surface area is 187 Å². The van der Waals surface area contributed by atoms with Gasteiger partial charge in [0.25, 0.3) is 0 Å². The first-order chi connectivity index (χ1) is 12.7. The quantitative estimate of drug-likeness (QED) is 0.164. The third kappa shape index (κ3) is 17.1. The van der Waals surface area contributed by atoms with Gasteiger partial charge >= 0.3 is 50.5 Å². The van der Waals surface area contributed by atoms with E-state index in [0.717, 1.165) is 0 Å². The molecular weight excluding hydrogens is 703 g/mol. The van der Waals surface area contributed by atoms with E-state index in [2.05, 4.69) is 77.5 Å².